The standard InChI is InChI=1S/C29H38N6O3/c1-35-17-7-10-23(35)14-16-31-29-33-20-24(28(36)32-19-22-8-5-4-6-9-22)27(34-29)30-15-13-21-11-12-25(37-2)26(18-21)38-3/h4-6,8-9,11-12,18,20,23H,7,10,13-17,19H2,1-3H3,(H,32,36)(H2,30,31,33,34). The number of carbonyl (C=O) groups is 1. The van der Waals surface area contributed by atoms with Gasteiger partial charge in [-0.05, 0) is 62.5 Å². The van der Waals surface area contributed by atoms with Gasteiger partial charge in [-0.15, -0.1) is 0 Å². The van der Waals surface area contributed by atoms with E-state index in [1.807, 2.05) is 48.5 Å². The minimum atomic E-state index is -0.221. The molecule has 4 rings (SSSR count). The Morgan fingerprint density at radius 3 is 2.58 bits per heavy atom. The lowest BCUT2D eigenvalue weighted by Crippen LogP contribution is -2.27. The highest BCUT2D eigenvalue weighted by atomic mass is 16.5. The van der Waals surface area contributed by atoms with E-state index in [9.17, 15) is 4.79 Å². The number of ether oxygens (including phenoxy) is 2. The molecule has 1 saturated heterocycles. The first-order valence-electron chi connectivity index (χ1n) is 13.2. The molecule has 2 aromatic carbocycles. The number of benzene rings is 2. The minimum absolute atomic E-state index is 0.221. The second-order valence-electron chi connectivity index (χ2n) is 9.48. The number of nitrogens with zero attached hydrogens (tertiary/aromatic N) is 3. The van der Waals surface area contributed by atoms with Crippen LogP contribution in [0.5, 0.6) is 11.5 Å². The number of carbonyl (C=O) groups excluding carboxylic acids is 1. The molecule has 3 N–H and O–H groups in total. The number of methoxy groups -OCH3 is 2. The Hall–Kier alpha value is -3.85. The molecule has 0 bridgehead atoms. The second kappa shape index (κ2) is 13.6. The molecule has 2 heterocycles. The fraction of sp³-hybridized carbons (Fsp3) is 0.414. The molecule has 9 heteroatoms. The van der Waals surface area contributed by atoms with Crippen molar-refractivity contribution in [2.75, 3.05) is 51.5 Å². The number of nitrogens with one attached hydrogen (secondary N) is 3. The SMILES string of the molecule is COc1ccc(CCNc2nc(NCCC3CCCN3C)ncc2C(=O)NCc2ccccc2)cc1OC. The van der Waals surface area contributed by atoms with Gasteiger partial charge in [0.1, 0.15) is 11.4 Å². The lowest BCUT2D eigenvalue weighted by atomic mass is 10.1. The molecule has 38 heavy (non-hydrogen) atoms. The minimum Gasteiger partial charge on any atom is -0.493 e. The van der Waals surface area contributed by atoms with Gasteiger partial charge in [0.2, 0.25) is 5.95 Å². The molecule has 1 fully saturated rings. The van der Waals surface area contributed by atoms with E-state index in [1.165, 1.54) is 12.8 Å². The molecule has 1 aliphatic rings. The number of anilines is 2. The number of rotatable bonds is 13. The molecule has 3 aromatic rings. The van der Waals surface area contributed by atoms with Gasteiger partial charge in [0.15, 0.2) is 11.5 Å². The largest absolute Gasteiger partial charge is 0.493 e. The predicted octanol–water partition coefficient (Wildman–Crippen LogP) is 3.97. The van der Waals surface area contributed by atoms with E-state index in [-0.39, 0.29) is 5.91 Å². The Labute approximate surface area is 225 Å². The van der Waals surface area contributed by atoms with Crippen LogP contribution in [0.1, 0.15) is 40.7 Å². The zero-order valence-corrected chi connectivity index (χ0v) is 22.5. The van der Waals surface area contributed by atoms with Crippen LogP contribution < -0.4 is 25.4 Å². The molecule has 202 valence electrons. The summed E-state index contributed by atoms with van der Waals surface area (Å²) in [5.74, 6) is 2.18. The molecule has 1 aliphatic heterocycles. The van der Waals surface area contributed by atoms with Gasteiger partial charge in [-0.1, -0.05) is 36.4 Å². The van der Waals surface area contributed by atoms with Crippen molar-refractivity contribution in [3.63, 3.8) is 0 Å². The molecule has 0 aliphatic carbocycles. The van der Waals surface area contributed by atoms with E-state index >= 15 is 0 Å². The summed E-state index contributed by atoms with van der Waals surface area (Å²) in [5.41, 5.74) is 2.52. The summed E-state index contributed by atoms with van der Waals surface area (Å²) in [6, 6.07) is 16.3. The zero-order chi connectivity index (χ0) is 26.7. The van der Waals surface area contributed by atoms with Crippen LogP contribution >= 0.6 is 0 Å². The molecule has 0 spiro atoms. The third-order valence-electron chi connectivity index (χ3n) is 6.92. The smallest absolute Gasteiger partial charge is 0.256 e. The molecule has 0 radical (unpaired) electrons. The molecule has 0 saturated carbocycles. The quantitative estimate of drug-likeness (QED) is 0.313. The molecule has 9 nitrogen and oxygen atoms in total. The fourth-order valence-electron chi connectivity index (χ4n) is 4.70. The van der Waals surface area contributed by atoms with E-state index in [2.05, 4.69) is 37.9 Å². The normalized spacial score (nSPS) is 15.2. The number of aromatic nitrogens is 2. The number of hydrogen-bond acceptors (Lipinski definition) is 8. The number of hydrogen-bond donors (Lipinski definition) is 3. The maximum absolute atomic E-state index is 13.1. The summed E-state index contributed by atoms with van der Waals surface area (Å²) in [7, 11) is 5.42. The maximum Gasteiger partial charge on any atom is 0.256 e. The predicted molar refractivity (Wildman–Crippen MR) is 150 cm³/mol. The maximum atomic E-state index is 13.1. The van der Waals surface area contributed by atoms with E-state index in [0.29, 0.717) is 54.4 Å². The summed E-state index contributed by atoms with van der Waals surface area (Å²) >= 11 is 0. The van der Waals surface area contributed by atoms with E-state index in [1.54, 1.807) is 20.4 Å². The lowest BCUT2D eigenvalue weighted by Gasteiger charge is -2.19. The third kappa shape index (κ3) is 7.35. The fourth-order valence-corrected chi connectivity index (χ4v) is 4.70. The summed E-state index contributed by atoms with van der Waals surface area (Å²) in [6.45, 7) is 2.94. The van der Waals surface area contributed by atoms with Crippen molar-refractivity contribution in [2.24, 2.45) is 0 Å². The van der Waals surface area contributed by atoms with E-state index in [0.717, 1.165) is 30.6 Å². The van der Waals surface area contributed by atoms with Crippen molar-refractivity contribution in [1.29, 1.82) is 0 Å². The summed E-state index contributed by atoms with van der Waals surface area (Å²) in [6.07, 6.45) is 5.81. The van der Waals surface area contributed by atoms with Crippen molar-refractivity contribution in [2.45, 2.75) is 38.3 Å². The monoisotopic (exact) mass is 518 g/mol. The van der Waals surface area contributed by atoms with Gasteiger partial charge in [0, 0.05) is 31.9 Å². The third-order valence-corrected chi connectivity index (χ3v) is 6.92. The van der Waals surface area contributed by atoms with Crippen molar-refractivity contribution in [1.82, 2.24) is 20.2 Å². The molecule has 1 unspecified atom stereocenters. The van der Waals surface area contributed by atoms with Crippen LogP contribution in [0.15, 0.2) is 54.7 Å². The lowest BCUT2D eigenvalue weighted by molar-refractivity contribution is 0.0951. The first-order valence-corrected chi connectivity index (χ1v) is 13.2. The zero-order valence-electron chi connectivity index (χ0n) is 22.5. The van der Waals surface area contributed by atoms with Gasteiger partial charge >= 0.3 is 0 Å². The van der Waals surface area contributed by atoms with Crippen molar-refractivity contribution < 1.29 is 14.3 Å². The first-order chi connectivity index (χ1) is 18.6. The van der Waals surface area contributed by atoms with Crippen LogP contribution in [0.25, 0.3) is 0 Å². The Kier molecular flexibility index (Phi) is 9.75. The Morgan fingerprint density at radius 1 is 1.03 bits per heavy atom. The van der Waals surface area contributed by atoms with Gasteiger partial charge in [0.25, 0.3) is 5.91 Å². The second-order valence-corrected chi connectivity index (χ2v) is 9.48. The molecular formula is C29H38N6O3. The van der Waals surface area contributed by atoms with Gasteiger partial charge in [-0.25, -0.2) is 4.98 Å². The van der Waals surface area contributed by atoms with Crippen LogP contribution in [-0.2, 0) is 13.0 Å². The van der Waals surface area contributed by atoms with E-state index in [4.69, 9.17) is 9.47 Å². The average molecular weight is 519 g/mol. The molecule has 1 atom stereocenters. The van der Waals surface area contributed by atoms with Gasteiger partial charge in [0.05, 0.1) is 14.2 Å². The van der Waals surface area contributed by atoms with Crippen LogP contribution in [0.4, 0.5) is 11.8 Å². The van der Waals surface area contributed by atoms with Crippen LogP contribution in [0, 0.1) is 0 Å². The summed E-state index contributed by atoms with van der Waals surface area (Å²) < 4.78 is 10.8. The summed E-state index contributed by atoms with van der Waals surface area (Å²) in [4.78, 5) is 24.6. The highest BCUT2D eigenvalue weighted by Gasteiger charge is 2.20. The Balaban J connectivity index is 1.42. The highest BCUT2D eigenvalue weighted by Crippen LogP contribution is 2.27. The van der Waals surface area contributed by atoms with Crippen molar-refractivity contribution >= 4 is 17.7 Å². The van der Waals surface area contributed by atoms with Crippen molar-refractivity contribution in [3.05, 3.63) is 71.4 Å². The average Bonchev–Trinajstić information content (AvgIpc) is 3.36. The van der Waals surface area contributed by atoms with Crippen LogP contribution in [-0.4, -0.2) is 67.7 Å². The first kappa shape index (κ1) is 27.2. The van der Waals surface area contributed by atoms with Crippen molar-refractivity contribution in [3.8, 4) is 11.5 Å². The van der Waals surface area contributed by atoms with Gasteiger partial charge in [-0.2, -0.15) is 4.98 Å². The van der Waals surface area contributed by atoms with Gasteiger partial charge < -0.3 is 30.3 Å². The van der Waals surface area contributed by atoms with Crippen LogP contribution in [0.3, 0.4) is 0 Å². The van der Waals surface area contributed by atoms with Gasteiger partial charge in [-0.3, -0.25) is 4.79 Å². The molecule has 1 amide bonds. The highest BCUT2D eigenvalue weighted by molar-refractivity contribution is 5.98. The number of likely N-dealkylation sites (tertiary alicyclic amines) is 1. The molecular weight excluding hydrogens is 480 g/mol. The Bertz CT molecular complexity index is 1190. The number of amides is 1. The Morgan fingerprint density at radius 2 is 1.84 bits per heavy atom. The van der Waals surface area contributed by atoms with E-state index < -0.39 is 0 Å². The topological polar surface area (TPSA) is 101 Å². The summed E-state index contributed by atoms with van der Waals surface area (Å²) in [5, 5.41) is 9.68. The molecule has 1 aromatic heterocycles. The van der Waals surface area contributed by atoms with Crippen LogP contribution in [0.2, 0.25) is 0 Å².